The highest BCUT2D eigenvalue weighted by Gasteiger charge is 2.41. The summed E-state index contributed by atoms with van der Waals surface area (Å²) in [4.78, 5) is 19.0. The number of hydrogen-bond acceptors (Lipinski definition) is 3. The lowest BCUT2D eigenvalue weighted by molar-refractivity contribution is 0.164. The first-order valence-electron chi connectivity index (χ1n) is 9.17. The van der Waals surface area contributed by atoms with Crippen molar-refractivity contribution < 1.29 is 4.79 Å². The molecule has 2 saturated carbocycles. The van der Waals surface area contributed by atoms with Crippen molar-refractivity contribution in [2.75, 3.05) is 0 Å². The van der Waals surface area contributed by atoms with Gasteiger partial charge in [-0.05, 0) is 63.1 Å². The maximum Gasteiger partial charge on any atom is 0.318 e. The lowest BCUT2D eigenvalue weighted by atomic mass is 10.1. The van der Waals surface area contributed by atoms with Gasteiger partial charge in [-0.25, -0.2) is 14.5 Å². The zero-order chi connectivity index (χ0) is 17.4. The second kappa shape index (κ2) is 6.50. The lowest BCUT2D eigenvalue weighted by Crippen LogP contribution is -2.47. The van der Waals surface area contributed by atoms with Crippen LogP contribution in [-0.2, 0) is 0 Å². The first kappa shape index (κ1) is 16.1. The van der Waals surface area contributed by atoms with E-state index in [1.807, 2.05) is 31.2 Å². The molecule has 2 fully saturated rings. The SMILES string of the molecule is C[C@@H](NC(=O)N(C1CC1)[C@@H](C)C1CC1)c1cccc(-n2cncn2)c1. The third-order valence-corrected chi connectivity index (χ3v) is 5.31. The molecular formula is C19H25N5O. The molecule has 1 heterocycles. The summed E-state index contributed by atoms with van der Waals surface area (Å²) in [5, 5.41) is 7.36. The number of rotatable bonds is 6. The Morgan fingerprint density at radius 3 is 2.72 bits per heavy atom. The Kier molecular flexibility index (Phi) is 4.19. The average molecular weight is 339 g/mol. The standard InChI is InChI=1S/C19H25N5O/c1-13(16-4-3-5-18(10-16)23-12-20-11-21-23)22-19(25)24(17-8-9-17)14(2)15-6-7-15/h3-5,10-15,17H,6-9H2,1-2H3,(H,22,25)/t13-,14+/m1/s1. The minimum absolute atomic E-state index is 0.0522. The van der Waals surface area contributed by atoms with Crippen LogP contribution in [0.2, 0.25) is 0 Å². The predicted octanol–water partition coefficient (Wildman–Crippen LogP) is 3.30. The Morgan fingerprint density at radius 1 is 1.28 bits per heavy atom. The number of carbonyl (C=O) groups excluding carboxylic acids is 1. The normalized spacial score (nSPS) is 19.3. The predicted molar refractivity (Wildman–Crippen MR) is 95.4 cm³/mol. The third kappa shape index (κ3) is 3.52. The summed E-state index contributed by atoms with van der Waals surface area (Å²) in [5.74, 6) is 0.692. The molecule has 0 bridgehead atoms. The van der Waals surface area contributed by atoms with E-state index in [9.17, 15) is 4.79 Å². The molecule has 2 aromatic rings. The fourth-order valence-electron chi connectivity index (χ4n) is 3.46. The van der Waals surface area contributed by atoms with Gasteiger partial charge in [-0.3, -0.25) is 0 Å². The van der Waals surface area contributed by atoms with Crippen molar-refractivity contribution in [2.45, 2.75) is 57.7 Å². The Hall–Kier alpha value is -2.37. The van der Waals surface area contributed by atoms with Gasteiger partial charge in [0, 0.05) is 12.1 Å². The number of benzene rings is 1. The molecule has 0 aliphatic heterocycles. The zero-order valence-electron chi connectivity index (χ0n) is 14.8. The number of hydrogen-bond donors (Lipinski definition) is 1. The lowest BCUT2D eigenvalue weighted by Gasteiger charge is -2.31. The second-order valence-corrected chi connectivity index (χ2v) is 7.32. The van der Waals surface area contributed by atoms with Gasteiger partial charge in [-0.1, -0.05) is 12.1 Å². The number of nitrogens with zero attached hydrogens (tertiary/aromatic N) is 4. The van der Waals surface area contributed by atoms with Crippen LogP contribution in [0, 0.1) is 5.92 Å². The quantitative estimate of drug-likeness (QED) is 0.878. The van der Waals surface area contributed by atoms with Crippen LogP contribution in [0.1, 0.15) is 51.1 Å². The minimum atomic E-state index is -0.0522. The van der Waals surface area contributed by atoms with Gasteiger partial charge in [0.2, 0.25) is 0 Å². The monoisotopic (exact) mass is 339 g/mol. The zero-order valence-corrected chi connectivity index (χ0v) is 14.8. The van der Waals surface area contributed by atoms with Gasteiger partial charge in [0.15, 0.2) is 0 Å². The Balaban J connectivity index is 1.46. The van der Waals surface area contributed by atoms with Gasteiger partial charge in [-0.15, -0.1) is 0 Å². The largest absolute Gasteiger partial charge is 0.331 e. The molecule has 0 spiro atoms. The molecule has 1 N–H and O–H groups in total. The molecule has 6 heteroatoms. The smallest absolute Gasteiger partial charge is 0.318 e. The molecule has 0 radical (unpaired) electrons. The molecule has 132 valence electrons. The van der Waals surface area contributed by atoms with E-state index in [1.54, 1.807) is 11.0 Å². The van der Waals surface area contributed by atoms with Gasteiger partial charge < -0.3 is 10.2 Å². The molecule has 0 unspecified atom stereocenters. The van der Waals surface area contributed by atoms with E-state index < -0.39 is 0 Å². The third-order valence-electron chi connectivity index (χ3n) is 5.31. The fraction of sp³-hybridized carbons (Fsp3) is 0.526. The number of aromatic nitrogens is 3. The summed E-state index contributed by atoms with van der Waals surface area (Å²) in [6.45, 7) is 4.23. The highest BCUT2D eigenvalue weighted by Crippen LogP contribution is 2.39. The summed E-state index contributed by atoms with van der Waals surface area (Å²) in [6.07, 6.45) is 7.99. The number of urea groups is 1. The van der Waals surface area contributed by atoms with Crippen LogP contribution >= 0.6 is 0 Å². The van der Waals surface area contributed by atoms with Crippen LogP contribution in [0.3, 0.4) is 0 Å². The Morgan fingerprint density at radius 2 is 2.08 bits per heavy atom. The molecular weight excluding hydrogens is 314 g/mol. The summed E-state index contributed by atoms with van der Waals surface area (Å²) >= 11 is 0. The maximum atomic E-state index is 12.9. The van der Waals surface area contributed by atoms with Crippen molar-refractivity contribution in [1.29, 1.82) is 0 Å². The van der Waals surface area contributed by atoms with E-state index in [0.717, 1.165) is 24.1 Å². The fourth-order valence-corrected chi connectivity index (χ4v) is 3.46. The number of carbonyl (C=O) groups is 1. The van der Waals surface area contributed by atoms with Crippen molar-refractivity contribution in [1.82, 2.24) is 25.0 Å². The van der Waals surface area contributed by atoms with Crippen molar-refractivity contribution >= 4 is 6.03 Å². The summed E-state index contributed by atoms with van der Waals surface area (Å²) in [5.41, 5.74) is 2.01. The van der Waals surface area contributed by atoms with Crippen LogP contribution in [0.15, 0.2) is 36.9 Å². The van der Waals surface area contributed by atoms with Crippen molar-refractivity contribution in [3.05, 3.63) is 42.5 Å². The summed E-state index contributed by atoms with van der Waals surface area (Å²) < 4.78 is 1.73. The average Bonchev–Trinajstić information content (AvgIpc) is 3.54. The van der Waals surface area contributed by atoms with Crippen molar-refractivity contribution in [2.24, 2.45) is 5.92 Å². The maximum absolute atomic E-state index is 12.9. The van der Waals surface area contributed by atoms with Crippen LogP contribution < -0.4 is 5.32 Å². The molecule has 2 amide bonds. The van der Waals surface area contributed by atoms with Gasteiger partial charge in [0.1, 0.15) is 12.7 Å². The van der Waals surface area contributed by atoms with Crippen molar-refractivity contribution in [3.8, 4) is 5.69 Å². The van der Waals surface area contributed by atoms with Gasteiger partial charge in [0.25, 0.3) is 0 Å². The first-order valence-corrected chi connectivity index (χ1v) is 9.17. The van der Waals surface area contributed by atoms with E-state index in [2.05, 4.69) is 27.2 Å². The topological polar surface area (TPSA) is 63.1 Å². The molecule has 25 heavy (non-hydrogen) atoms. The molecule has 1 aromatic heterocycles. The molecule has 4 rings (SSSR count). The van der Waals surface area contributed by atoms with Crippen LogP contribution in [0.4, 0.5) is 4.79 Å². The Bertz CT molecular complexity index is 736. The molecule has 0 saturated heterocycles. The Labute approximate surface area is 148 Å². The van der Waals surface area contributed by atoms with Crippen LogP contribution in [0.25, 0.3) is 5.69 Å². The van der Waals surface area contributed by atoms with E-state index >= 15 is 0 Å². The van der Waals surface area contributed by atoms with E-state index in [-0.39, 0.29) is 12.1 Å². The highest BCUT2D eigenvalue weighted by atomic mass is 16.2. The first-order chi connectivity index (χ1) is 12.1. The van der Waals surface area contributed by atoms with Crippen molar-refractivity contribution in [3.63, 3.8) is 0 Å². The number of amides is 2. The van der Waals surface area contributed by atoms with Crippen LogP contribution in [0.5, 0.6) is 0 Å². The van der Waals surface area contributed by atoms with Gasteiger partial charge >= 0.3 is 6.03 Å². The number of nitrogens with one attached hydrogen (secondary N) is 1. The molecule has 2 atom stereocenters. The summed E-state index contributed by atoms with van der Waals surface area (Å²) in [6, 6.07) is 8.86. The van der Waals surface area contributed by atoms with E-state index in [4.69, 9.17) is 0 Å². The van der Waals surface area contributed by atoms with E-state index in [0.29, 0.717) is 18.0 Å². The van der Waals surface area contributed by atoms with Gasteiger partial charge in [-0.2, -0.15) is 5.10 Å². The second-order valence-electron chi connectivity index (χ2n) is 7.32. The molecule has 2 aliphatic rings. The molecule has 1 aromatic carbocycles. The highest BCUT2D eigenvalue weighted by molar-refractivity contribution is 5.76. The van der Waals surface area contributed by atoms with Gasteiger partial charge in [0.05, 0.1) is 11.7 Å². The molecule has 2 aliphatic carbocycles. The van der Waals surface area contributed by atoms with E-state index in [1.165, 1.54) is 19.2 Å². The summed E-state index contributed by atoms with van der Waals surface area (Å²) in [7, 11) is 0. The van der Waals surface area contributed by atoms with Crippen LogP contribution in [-0.4, -0.2) is 37.8 Å². The minimum Gasteiger partial charge on any atom is -0.331 e. The molecule has 6 nitrogen and oxygen atoms in total.